The molecule has 3 heteroatoms. The van der Waals surface area contributed by atoms with E-state index in [4.69, 9.17) is 0 Å². The molecule has 2 unspecified atom stereocenters. The van der Waals surface area contributed by atoms with Crippen LogP contribution in [0.2, 0.25) is 0 Å². The predicted octanol–water partition coefficient (Wildman–Crippen LogP) is 2.27. The van der Waals surface area contributed by atoms with Crippen LogP contribution in [-0.2, 0) is 0 Å². The molecule has 0 bridgehead atoms. The molecule has 0 radical (unpaired) electrons. The van der Waals surface area contributed by atoms with E-state index in [0.717, 1.165) is 6.04 Å². The van der Waals surface area contributed by atoms with Gasteiger partial charge in [0.1, 0.15) is 0 Å². The van der Waals surface area contributed by atoms with Gasteiger partial charge >= 0.3 is 0 Å². The summed E-state index contributed by atoms with van der Waals surface area (Å²) in [5, 5.41) is 0. The molecule has 0 spiro atoms. The van der Waals surface area contributed by atoms with Crippen LogP contribution in [-0.4, -0.2) is 71.6 Å². The molecule has 0 aromatic carbocycles. The zero-order valence-electron chi connectivity index (χ0n) is 13.8. The van der Waals surface area contributed by atoms with Crippen molar-refractivity contribution in [3.05, 3.63) is 0 Å². The number of piperidine rings is 1. The quantitative estimate of drug-likeness (QED) is 0.721. The molecule has 2 aliphatic heterocycles. The molecule has 2 saturated heterocycles. The zero-order valence-corrected chi connectivity index (χ0v) is 13.8. The zero-order chi connectivity index (χ0) is 14.2. The Labute approximate surface area is 119 Å². The van der Waals surface area contributed by atoms with Crippen molar-refractivity contribution in [3.8, 4) is 0 Å². The average Bonchev–Trinajstić information content (AvgIpc) is 2.34. The molecule has 0 aliphatic carbocycles. The van der Waals surface area contributed by atoms with Crippen LogP contribution in [0.1, 0.15) is 47.5 Å². The molecule has 19 heavy (non-hydrogen) atoms. The summed E-state index contributed by atoms with van der Waals surface area (Å²) in [6.07, 6.45) is 2.70. The fraction of sp³-hybridized carbons (Fsp3) is 1.00. The lowest BCUT2D eigenvalue weighted by atomic mass is 9.95. The lowest BCUT2D eigenvalue weighted by molar-refractivity contribution is 0.000237. The summed E-state index contributed by atoms with van der Waals surface area (Å²) in [5.41, 5.74) is 0.341. The van der Waals surface area contributed by atoms with Gasteiger partial charge in [0.2, 0.25) is 0 Å². The van der Waals surface area contributed by atoms with Crippen molar-refractivity contribution in [2.75, 3.05) is 33.2 Å². The largest absolute Gasteiger partial charge is 0.298 e. The van der Waals surface area contributed by atoms with Crippen LogP contribution in [0, 0.1) is 0 Å². The highest BCUT2D eigenvalue weighted by Crippen LogP contribution is 2.25. The Morgan fingerprint density at radius 3 is 1.79 bits per heavy atom. The van der Waals surface area contributed by atoms with E-state index >= 15 is 0 Å². The Balaban J connectivity index is 1.88. The molecule has 2 heterocycles. The maximum atomic E-state index is 2.76. The van der Waals surface area contributed by atoms with Gasteiger partial charge in [0.15, 0.2) is 0 Å². The van der Waals surface area contributed by atoms with Gasteiger partial charge in [-0.15, -0.1) is 0 Å². The summed E-state index contributed by atoms with van der Waals surface area (Å²) in [5.74, 6) is 0. The number of likely N-dealkylation sites (N-methyl/N-ethyl adjacent to an activating group) is 1. The summed E-state index contributed by atoms with van der Waals surface area (Å²) >= 11 is 0. The molecular weight excluding hydrogens is 234 g/mol. The van der Waals surface area contributed by atoms with Gasteiger partial charge < -0.3 is 0 Å². The Kier molecular flexibility index (Phi) is 4.59. The van der Waals surface area contributed by atoms with E-state index in [9.17, 15) is 0 Å². The number of hydrogen-bond acceptors (Lipinski definition) is 3. The van der Waals surface area contributed by atoms with Crippen molar-refractivity contribution >= 4 is 0 Å². The van der Waals surface area contributed by atoms with Gasteiger partial charge in [-0.2, -0.15) is 0 Å². The van der Waals surface area contributed by atoms with E-state index in [1.807, 2.05) is 0 Å². The lowest BCUT2D eigenvalue weighted by Gasteiger charge is -2.49. The fourth-order valence-electron chi connectivity index (χ4n) is 3.65. The van der Waals surface area contributed by atoms with Gasteiger partial charge in [0.05, 0.1) is 0 Å². The minimum absolute atomic E-state index is 0.341. The van der Waals surface area contributed by atoms with E-state index in [0.29, 0.717) is 17.6 Å². The van der Waals surface area contributed by atoms with Gasteiger partial charge in [-0.3, -0.25) is 14.7 Å². The van der Waals surface area contributed by atoms with Crippen molar-refractivity contribution < 1.29 is 0 Å². The summed E-state index contributed by atoms with van der Waals surface area (Å²) in [6.45, 7) is 16.8. The van der Waals surface area contributed by atoms with E-state index in [2.05, 4.69) is 56.4 Å². The van der Waals surface area contributed by atoms with Gasteiger partial charge in [-0.25, -0.2) is 0 Å². The molecule has 0 amide bonds. The molecule has 2 atom stereocenters. The highest BCUT2D eigenvalue weighted by atomic mass is 15.3. The Morgan fingerprint density at radius 1 is 0.895 bits per heavy atom. The van der Waals surface area contributed by atoms with Gasteiger partial charge in [0.25, 0.3) is 0 Å². The standard InChI is InChI=1S/C16H33N3/c1-13-11-18(12-14(2)17(13)6)15-7-9-19(10-8-15)16(3,4)5/h13-15H,7-12H2,1-6H3. The fourth-order valence-corrected chi connectivity index (χ4v) is 3.65. The Bertz CT molecular complexity index is 277. The minimum Gasteiger partial charge on any atom is -0.298 e. The van der Waals surface area contributed by atoms with Crippen molar-refractivity contribution in [1.82, 2.24) is 14.7 Å². The summed E-state index contributed by atoms with van der Waals surface area (Å²) < 4.78 is 0. The van der Waals surface area contributed by atoms with Crippen LogP contribution in [0.25, 0.3) is 0 Å². The molecule has 2 fully saturated rings. The second-order valence-corrected chi connectivity index (χ2v) is 7.71. The van der Waals surface area contributed by atoms with E-state index < -0.39 is 0 Å². The molecule has 0 saturated carbocycles. The maximum Gasteiger partial charge on any atom is 0.0195 e. The highest BCUT2D eigenvalue weighted by molar-refractivity contribution is 4.90. The van der Waals surface area contributed by atoms with Crippen LogP contribution >= 0.6 is 0 Å². The van der Waals surface area contributed by atoms with Crippen molar-refractivity contribution in [2.45, 2.75) is 71.1 Å². The first kappa shape index (κ1) is 15.3. The molecular formula is C16H33N3. The van der Waals surface area contributed by atoms with Crippen LogP contribution in [0.3, 0.4) is 0 Å². The van der Waals surface area contributed by atoms with Gasteiger partial charge in [-0.05, 0) is 54.5 Å². The normalized spacial score (nSPS) is 33.8. The third kappa shape index (κ3) is 3.50. The topological polar surface area (TPSA) is 9.72 Å². The predicted molar refractivity (Wildman–Crippen MR) is 82.6 cm³/mol. The van der Waals surface area contributed by atoms with Crippen LogP contribution < -0.4 is 0 Å². The highest BCUT2D eigenvalue weighted by Gasteiger charge is 2.34. The number of rotatable bonds is 1. The monoisotopic (exact) mass is 267 g/mol. The molecule has 2 rings (SSSR count). The van der Waals surface area contributed by atoms with Crippen LogP contribution in [0.4, 0.5) is 0 Å². The first-order valence-electron chi connectivity index (χ1n) is 8.00. The first-order chi connectivity index (χ1) is 8.79. The second-order valence-electron chi connectivity index (χ2n) is 7.71. The van der Waals surface area contributed by atoms with Crippen LogP contribution in [0.5, 0.6) is 0 Å². The molecule has 0 N–H and O–H groups in total. The summed E-state index contributed by atoms with van der Waals surface area (Å²) in [6, 6.07) is 2.21. The smallest absolute Gasteiger partial charge is 0.0195 e. The van der Waals surface area contributed by atoms with Crippen molar-refractivity contribution in [3.63, 3.8) is 0 Å². The number of nitrogens with zero attached hydrogens (tertiary/aromatic N) is 3. The third-order valence-corrected chi connectivity index (χ3v) is 5.32. The average molecular weight is 267 g/mol. The van der Waals surface area contributed by atoms with Crippen LogP contribution in [0.15, 0.2) is 0 Å². The molecule has 0 aromatic rings. The Hall–Kier alpha value is -0.120. The number of likely N-dealkylation sites (tertiary alicyclic amines) is 1. The van der Waals surface area contributed by atoms with E-state index in [-0.39, 0.29) is 0 Å². The van der Waals surface area contributed by atoms with Crippen molar-refractivity contribution in [1.29, 1.82) is 0 Å². The molecule has 2 aliphatic rings. The molecule has 112 valence electrons. The second kappa shape index (κ2) is 5.71. The Morgan fingerprint density at radius 2 is 1.37 bits per heavy atom. The third-order valence-electron chi connectivity index (χ3n) is 5.32. The van der Waals surface area contributed by atoms with Gasteiger partial charge in [0, 0.05) is 49.8 Å². The van der Waals surface area contributed by atoms with E-state index in [1.165, 1.54) is 39.0 Å². The minimum atomic E-state index is 0.341. The summed E-state index contributed by atoms with van der Waals surface area (Å²) in [4.78, 5) is 7.93. The number of piperazine rings is 1. The first-order valence-corrected chi connectivity index (χ1v) is 8.00. The summed E-state index contributed by atoms with van der Waals surface area (Å²) in [7, 11) is 2.27. The number of hydrogen-bond donors (Lipinski definition) is 0. The lowest BCUT2D eigenvalue weighted by Crippen LogP contribution is -2.59. The van der Waals surface area contributed by atoms with Gasteiger partial charge in [-0.1, -0.05) is 0 Å². The SMILES string of the molecule is CC1CN(C2CCN(C(C)(C)C)CC2)CC(C)N1C. The van der Waals surface area contributed by atoms with E-state index in [1.54, 1.807) is 0 Å². The molecule has 3 nitrogen and oxygen atoms in total. The van der Waals surface area contributed by atoms with Crippen molar-refractivity contribution in [2.24, 2.45) is 0 Å². The maximum absolute atomic E-state index is 2.76. The molecule has 0 aromatic heterocycles.